The van der Waals surface area contributed by atoms with E-state index in [2.05, 4.69) is 15.0 Å². The Morgan fingerprint density at radius 2 is 2.00 bits per heavy atom. The Morgan fingerprint density at radius 1 is 1.32 bits per heavy atom. The largest absolute Gasteiger partial charge is 0.443 e. The summed E-state index contributed by atoms with van der Waals surface area (Å²) >= 11 is 0.247. The van der Waals surface area contributed by atoms with E-state index in [0.717, 1.165) is 12.5 Å². The van der Waals surface area contributed by atoms with Crippen LogP contribution in [0.2, 0.25) is 0 Å². The fourth-order valence-electron chi connectivity index (χ4n) is 1.27. The molecule has 2 rings (SSSR count). The van der Waals surface area contributed by atoms with Crippen LogP contribution in [0.1, 0.15) is 5.01 Å². The van der Waals surface area contributed by atoms with Gasteiger partial charge in [0.1, 0.15) is 6.33 Å². The van der Waals surface area contributed by atoms with E-state index in [1.165, 1.54) is 0 Å². The van der Waals surface area contributed by atoms with E-state index in [9.17, 15) is 23.3 Å². The van der Waals surface area contributed by atoms with Crippen molar-refractivity contribution >= 4 is 22.8 Å². The van der Waals surface area contributed by atoms with Crippen molar-refractivity contribution in [2.45, 2.75) is 6.18 Å². The van der Waals surface area contributed by atoms with Crippen molar-refractivity contribution in [2.24, 2.45) is 0 Å². The molecule has 7 nitrogen and oxygen atoms in total. The van der Waals surface area contributed by atoms with Crippen LogP contribution in [-0.4, -0.2) is 19.9 Å². The maximum atomic E-state index is 12.4. The number of nitrogens with two attached hydrogens (primary N) is 1. The second-order valence-corrected chi connectivity index (χ2v) is 4.27. The lowest BCUT2D eigenvalue weighted by Gasteiger charge is -2.01. The van der Waals surface area contributed by atoms with Crippen LogP contribution < -0.4 is 5.73 Å². The van der Waals surface area contributed by atoms with Crippen LogP contribution >= 0.6 is 11.3 Å². The zero-order valence-corrected chi connectivity index (χ0v) is 9.70. The van der Waals surface area contributed by atoms with Gasteiger partial charge in [-0.3, -0.25) is 10.1 Å². The highest BCUT2D eigenvalue weighted by Gasteiger charge is 2.35. The van der Waals surface area contributed by atoms with Crippen molar-refractivity contribution in [1.82, 2.24) is 15.0 Å². The van der Waals surface area contributed by atoms with E-state index >= 15 is 0 Å². The first-order valence-electron chi connectivity index (χ1n) is 4.59. The Hall–Kier alpha value is -2.30. The molecular weight excluding hydrogens is 287 g/mol. The monoisotopic (exact) mass is 291 g/mol. The zero-order valence-electron chi connectivity index (χ0n) is 8.88. The lowest BCUT2D eigenvalue weighted by atomic mass is 10.3. The van der Waals surface area contributed by atoms with Gasteiger partial charge in [0.25, 0.3) is 0 Å². The van der Waals surface area contributed by atoms with Crippen molar-refractivity contribution in [3.63, 3.8) is 0 Å². The lowest BCUT2D eigenvalue weighted by molar-refractivity contribution is -0.383. The van der Waals surface area contributed by atoms with E-state index < -0.39 is 27.6 Å². The molecule has 0 aromatic carbocycles. The Labute approximate surface area is 107 Å². The number of alkyl halides is 3. The van der Waals surface area contributed by atoms with Crippen LogP contribution in [0.5, 0.6) is 0 Å². The predicted molar refractivity (Wildman–Crippen MR) is 59.2 cm³/mol. The van der Waals surface area contributed by atoms with E-state index in [1.54, 1.807) is 0 Å². The Balaban J connectivity index is 2.57. The molecule has 0 aliphatic rings. The van der Waals surface area contributed by atoms with Gasteiger partial charge < -0.3 is 5.73 Å². The molecule has 0 bridgehead atoms. The van der Waals surface area contributed by atoms with Gasteiger partial charge in [0.15, 0.2) is 10.7 Å². The van der Waals surface area contributed by atoms with E-state index in [4.69, 9.17) is 5.73 Å². The summed E-state index contributed by atoms with van der Waals surface area (Å²) in [5.74, 6) is -0.419. The van der Waals surface area contributed by atoms with Gasteiger partial charge in [0.05, 0.1) is 9.80 Å². The minimum Gasteiger partial charge on any atom is -0.378 e. The van der Waals surface area contributed by atoms with Crippen LogP contribution in [0.15, 0.2) is 12.5 Å². The third-order valence-electron chi connectivity index (χ3n) is 2.01. The number of aromatic nitrogens is 3. The summed E-state index contributed by atoms with van der Waals surface area (Å²) < 4.78 is 37.2. The predicted octanol–water partition coefficient (Wildman–Crippen LogP) is 2.11. The summed E-state index contributed by atoms with van der Waals surface area (Å²) in [4.78, 5) is 20.1. The van der Waals surface area contributed by atoms with Crippen LogP contribution in [0.4, 0.5) is 24.7 Å². The molecular formula is C8H4F3N5O2S. The SMILES string of the molecule is Nc1ncnc(-c2cnc(C(F)(F)F)s2)c1[N+](=O)[O-]. The topological polar surface area (TPSA) is 108 Å². The van der Waals surface area contributed by atoms with Gasteiger partial charge in [-0.25, -0.2) is 15.0 Å². The quantitative estimate of drug-likeness (QED) is 0.670. The Kier molecular flexibility index (Phi) is 3.06. The number of thiazole rings is 1. The number of halogens is 3. The first kappa shape index (κ1) is 13.1. The highest BCUT2D eigenvalue weighted by molar-refractivity contribution is 7.15. The molecule has 0 fully saturated rings. The van der Waals surface area contributed by atoms with E-state index in [0.29, 0.717) is 0 Å². The number of nitro groups is 1. The molecule has 2 N–H and O–H groups in total. The van der Waals surface area contributed by atoms with Gasteiger partial charge >= 0.3 is 11.9 Å². The maximum Gasteiger partial charge on any atom is 0.443 e. The van der Waals surface area contributed by atoms with Gasteiger partial charge in [0.2, 0.25) is 5.82 Å². The summed E-state index contributed by atoms with van der Waals surface area (Å²) in [6.45, 7) is 0. The molecule has 0 amide bonds. The van der Waals surface area contributed by atoms with Crippen LogP contribution in [0.25, 0.3) is 10.6 Å². The molecule has 0 atom stereocenters. The third-order valence-corrected chi connectivity index (χ3v) is 3.06. The summed E-state index contributed by atoms with van der Waals surface area (Å²) in [6.07, 6.45) is -2.82. The average Bonchev–Trinajstić information content (AvgIpc) is 2.76. The molecule has 100 valence electrons. The van der Waals surface area contributed by atoms with Gasteiger partial charge in [-0.05, 0) is 0 Å². The standard InChI is InChI=1S/C8H4F3N5O2S/c9-8(10,11)7-13-1-3(19-7)4-5(16(17)18)6(12)15-2-14-4/h1-2H,(H2,12,14,15). The summed E-state index contributed by atoms with van der Waals surface area (Å²) in [5.41, 5.74) is 4.40. The van der Waals surface area contributed by atoms with Crippen LogP contribution in [0.3, 0.4) is 0 Å². The molecule has 2 aromatic heterocycles. The van der Waals surface area contributed by atoms with Crippen molar-refractivity contribution in [1.29, 1.82) is 0 Å². The normalized spacial score (nSPS) is 11.5. The van der Waals surface area contributed by atoms with E-state index in [-0.39, 0.29) is 21.9 Å². The molecule has 0 spiro atoms. The molecule has 19 heavy (non-hydrogen) atoms. The highest BCUT2D eigenvalue weighted by atomic mass is 32.1. The average molecular weight is 291 g/mol. The first-order valence-corrected chi connectivity index (χ1v) is 5.40. The molecule has 2 heterocycles. The summed E-state index contributed by atoms with van der Waals surface area (Å²) in [6, 6.07) is 0. The third kappa shape index (κ3) is 2.45. The van der Waals surface area contributed by atoms with E-state index in [1.807, 2.05) is 0 Å². The number of hydrogen-bond donors (Lipinski definition) is 1. The fraction of sp³-hybridized carbons (Fsp3) is 0.125. The number of nitrogens with zero attached hydrogens (tertiary/aromatic N) is 4. The summed E-state index contributed by atoms with van der Waals surface area (Å²) in [7, 11) is 0. The first-order chi connectivity index (χ1) is 8.80. The second kappa shape index (κ2) is 4.42. The van der Waals surface area contributed by atoms with Gasteiger partial charge in [0, 0.05) is 6.20 Å². The second-order valence-electron chi connectivity index (χ2n) is 3.24. The lowest BCUT2D eigenvalue weighted by Crippen LogP contribution is -2.03. The smallest absolute Gasteiger partial charge is 0.378 e. The molecule has 0 unspecified atom stereocenters. The Morgan fingerprint density at radius 3 is 2.53 bits per heavy atom. The van der Waals surface area contributed by atoms with Crippen molar-refractivity contribution in [3.05, 3.63) is 27.6 Å². The maximum absolute atomic E-state index is 12.4. The molecule has 2 aromatic rings. The number of nitrogen functional groups attached to an aromatic ring is 1. The zero-order chi connectivity index (χ0) is 14.2. The van der Waals surface area contributed by atoms with Crippen molar-refractivity contribution in [3.8, 4) is 10.6 Å². The van der Waals surface area contributed by atoms with Gasteiger partial charge in [-0.2, -0.15) is 13.2 Å². The molecule has 0 radical (unpaired) electrons. The van der Waals surface area contributed by atoms with Gasteiger partial charge in [-0.1, -0.05) is 0 Å². The minimum atomic E-state index is -4.61. The molecule has 0 aliphatic heterocycles. The van der Waals surface area contributed by atoms with Gasteiger partial charge in [-0.15, -0.1) is 11.3 Å². The number of hydrogen-bond acceptors (Lipinski definition) is 7. The molecule has 0 saturated heterocycles. The van der Waals surface area contributed by atoms with Crippen molar-refractivity contribution in [2.75, 3.05) is 5.73 Å². The Bertz CT molecular complexity index is 642. The van der Waals surface area contributed by atoms with Crippen LogP contribution in [-0.2, 0) is 6.18 Å². The highest BCUT2D eigenvalue weighted by Crippen LogP contribution is 2.39. The summed E-state index contributed by atoms with van der Waals surface area (Å²) in [5, 5.41) is 9.71. The molecule has 0 aliphatic carbocycles. The molecule has 0 saturated carbocycles. The number of anilines is 1. The van der Waals surface area contributed by atoms with Crippen molar-refractivity contribution < 1.29 is 18.1 Å². The van der Waals surface area contributed by atoms with Crippen LogP contribution in [0, 0.1) is 10.1 Å². The fourth-order valence-corrected chi connectivity index (χ4v) is 2.05. The minimum absolute atomic E-state index is 0.104. The molecule has 11 heteroatoms. The number of rotatable bonds is 2.